The quantitative estimate of drug-likeness (QED) is 0.634. The topological polar surface area (TPSA) is 84.5 Å². The van der Waals surface area contributed by atoms with Crippen LogP contribution in [-0.4, -0.2) is 14.3 Å². The zero-order chi connectivity index (χ0) is 10.3. The van der Waals surface area contributed by atoms with Crippen molar-refractivity contribution >= 4 is 27.6 Å². The Morgan fingerprint density at radius 3 is 3.00 bits per heavy atom. The molecule has 0 aromatic rings. The van der Waals surface area contributed by atoms with E-state index < -0.39 is 10.2 Å². The van der Waals surface area contributed by atoms with Crippen LogP contribution in [0.15, 0.2) is 26.8 Å². The summed E-state index contributed by atoms with van der Waals surface area (Å²) >= 11 is 5.92. The first-order valence-corrected chi connectivity index (χ1v) is 5.79. The van der Waals surface area contributed by atoms with Gasteiger partial charge in [0.2, 0.25) is 0 Å². The van der Waals surface area contributed by atoms with Gasteiger partial charge in [0.15, 0.2) is 0 Å². The minimum absolute atomic E-state index is 0.0419. The number of allylic oxidation sites excluding steroid dienone is 2. The van der Waals surface area contributed by atoms with Gasteiger partial charge in [-0.15, -0.1) is 4.40 Å². The number of nitrogens with two attached hydrogens (primary N) is 1. The fraction of sp³-hybridized carbons (Fsp3) is 0.286. The minimum Gasteiger partial charge on any atom is -0.382 e. The molecule has 1 heterocycles. The van der Waals surface area contributed by atoms with Crippen molar-refractivity contribution in [2.24, 2.45) is 10.1 Å². The Morgan fingerprint density at radius 2 is 2.29 bits per heavy atom. The van der Waals surface area contributed by atoms with Crippen LogP contribution in [0, 0.1) is 0 Å². The van der Waals surface area contributed by atoms with Gasteiger partial charge in [0.25, 0.3) is 0 Å². The second-order valence-corrected chi connectivity index (χ2v) is 4.78. The van der Waals surface area contributed by atoms with Crippen molar-refractivity contribution in [2.75, 3.05) is 0 Å². The van der Waals surface area contributed by atoms with Gasteiger partial charge in [0, 0.05) is 5.03 Å². The average molecular weight is 234 g/mol. The first kappa shape index (κ1) is 9.54. The highest BCUT2D eigenvalue weighted by molar-refractivity contribution is 7.88. The molecule has 7 heteroatoms. The summed E-state index contributed by atoms with van der Waals surface area (Å²) in [5.74, 6) is -0.0419. The van der Waals surface area contributed by atoms with Gasteiger partial charge in [0.05, 0.1) is 11.3 Å². The van der Waals surface area contributed by atoms with Crippen LogP contribution in [0.1, 0.15) is 12.8 Å². The van der Waals surface area contributed by atoms with E-state index in [0.717, 1.165) is 0 Å². The van der Waals surface area contributed by atoms with Gasteiger partial charge in [-0.05, 0) is 12.8 Å². The molecule has 1 aliphatic carbocycles. The fourth-order valence-electron chi connectivity index (χ4n) is 1.42. The lowest BCUT2D eigenvalue weighted by Gasteiger charge is -2.22. The molecule has 14 heavy (non-hydrogen) atoms. The molecule has 0 saturated heterocycles. The van der Waals surface area contributed by atoms with E-state index in [9.17, 15) is 8.42 Å². The first-order chi connectivity index (χ1) is 6.49. The number of nitrogens with zero attached hydrogens (tertiary/aromatic N) is 1. The van der Waals surface area contributed by atoms with Crippen molar-refractivity contribution in [1.82, 2.24) is 4.72 Å². The number of rotatable bonds is 0. The highest BCUT2D eigenvalue weighted by Gasteiger charge is 2.27. The molecule has 0 saturated carbocycles. The van der Waals surface area contributed by atoms with Crippen LogP contribution in [0.25, 0.3) is 0 Å². The predicted molar refractivity (Wildman–Crippen MR) is 53.9 cm³/mol. The number of amidine groups is 1. The Morgan fingerprint density at radius 1 is 1.57 bits per heavy atom. The highest BCUT2D eigenvalue weighted by Crippen LogP contribution is 2.29. The van der Waals surface area contributed by atoms with E-state index in [1.54, 1.807) is 6.08 Å². The molecule has 0 aromatic heterocycles. The van der Waals surface area contributed by atoms with Crippen LogP contribution in [0.2, 0.25) is 0 Å². The third-order valence-electron chi connectivity index (χ3n) is 1.97. The SMILES string of the molecule is NC1=NS(=O)(=O)NC2=CCCC(Cl)=C21. The van der Waals surface area contributed by atoms with Crippen molar-refractivity contribution in [2.45, 2.75) is 12.8 Å². The average Bonchev–Trinajstić information content (AvgIpc) is 2.00. The zero-order valence-electron chi connectivity index (χ0n) is 7.12. The largest absolute Gasteiger partial charge is 0.382 e. The van der Waals surface area contributed by atoms with E-state index in [0.29, 0.717) is 29.1 Å². The maximum Gasteiger partial charge on any atom is 0.344 e. The Bertz CT molecular complexity index is 475. The van der Waals surface area contributed by atoms with Crippen LogP contribution in [0.3, 0.4) is 0 Å². The van der Waals surface area contributed by atoms with Crippen LogP contribution >= 0.6 is 11.6 Å². The monoisotopic (exact) mass is 233 g/mol. The fourth-order valence-corrected chi connectivity index (χ4v) is 2.59. The second kappa shape index (κ2) is 2.99. The van der Waals surface area contributed by atoms with E-state index in [-0.39, 0.29) is 5.84 Å². The number of hydrogen-bond acceptors (Lipinski definition) is 3. The maximum atomic E-state index is 11.1. The Balaban J connectivity index is 2.63. The summed E-state index contributed by atoms with van der Waals surface area (Å²) < 4.78 is 27.9. The maximum absolute atomic E-state index is 11.1. The van der Waals surface area contributed by atoms with E-state index in [1.807, 2.05) is 0 Å². The van der Waals surface area contributed by atoms with Gasteiger partial charge in [-0.1, -0.05) is 17.7 Å². The summed E-state index contributed by atoms with van der Waals surface area (Å²) in [4.78, 5) is 0. The molecule has 0 amide bonds. The minimum atomic E-state index is -3.67. The molecule has 0 radical (unpaired) electrons. The lowest BCUT2D eigenvalue weighted by atomic mass is 10.0. The molecule has 76 valence electrons. The molecule has 0 spiro atoms. The van der Waals surface area contributed by atoms with Crippen molar-refractivity contribution < 1.29 is 8.42 Å². The summed E-state index contributed by atoms with van der Waals surface area (Å²) in [6.07, 6.45) is 3.12. The van der Waals surface area contributed by atoms with Crippen LogP contribution in [0.4, 0.5) is 0 Å². The molecule has 0 aromatic carbocycles. The Kier molecular flexibility index (Phi) is 2.04. The van der Waals surface area contributed by atoms with Gasteiger partial charge in [-0.2, -0.15) is 8.42 Å². The summed E-state index contributed by atoms with van der Waals surface area (Å²) in [7, 11) is -3.67. The van der Waals surface area contributed by atoms with Crippen LogP contribution < -0.4 is 10.5 Å². The standard InChI is InChI=1S/C7H8ClN3O2S/c8-4-2-1-3-5-6(4)7(9)11-14(12,13)10-5/h3,10H,1-2H2,(H2,9,11). The van der Waals surface area contributed by atoms with E-state index >= 15 is 0 Å². The molecule has 2 aliphatic rings. The highest BCUT2D eigenvalue weighted by atomic mass is 35.5. The lowest BCUT2D eigenvalue weighted by Crippen LogP contribution is -2.35. The number of hydrogen-bond donors (Lipinski definition) is 2. The molecular formula is C7H8ClN3O2S. The molecule has 2 rings (SSSR count). The normalized spacial score (nSPS) is 24.6. The van der Waals surface area contributed by atoms with Gasteiger partial charge < -0.3 is 5.73 Å². The number of halogens is 1. The van der Waals surface area contributed by atoms with Gasteiger partial charge in [0.1, 0.15) is 5.84 Å². The van der Waals surface area contributed by atoms with Crippen molar-refractivity contribution in [1.29, 1.82) is 0 Å². The third kappa shape index (κ3) is 1.51. The Labute approximate surface area is 86.5 Å². The number of nitrogens with one attached hydrogen (secondary N) is 1. The van der Waals surface area contributed by atoms with E-state index in [1.165, 1.54) is 0 Å². The lowest BCUT2D eigenvalue weighted by molar-refractivity contribution is 0.589. The van der Waals surface area contributed by atoms with Gasteiger partial charge in [-0.25, -0.2) is 0 Å². The van der Waals surface area contributed by atoms with Gasteiger partial charge in [-0.3, -0.25) is 4.72 Å². The molecule has 1 aliphatic heterocycles. The summed E-state index contributed by atoms with van der Waals surface area (Å²) in [5.41, 5.74) is 6.45. The summed E-state index contributed by atoms with van der Waals surface area (Å²) in [6.45, 7) is 0. The van der Waals surface area contributed by atoms with Crippen molar-refractivity contribution in [3.05, 3.63) is 22.4 Å². The van der Waals surface area contributed by atoms with Crippen molar-refractivity contribution in [3.63, 3.8) is 0 Å². The molecule has 0 bridgehead atoms. The van der Waals surface area contributed by atoms with Gasteiger partial charge >= 0.3 is 10.2 Å². The zero-order valence-corrected chi connectivity index (χ0v) is 8.69. The second-order valence-electron chi connectivity index (χ2n) is 2.99. The van der Waals surface area contributed by atoms with Crippen molar-refractivity contribution in [3.8, 4) is 0 Å². The molecule has 0 atom stereocenters. The molecule has 0 unspecified atom stereocenters. The summed E-state index contributed by atoms with van der Waals surface area (Å²) in [5, 5.41) is 0.547. The predicted octanol–water partition coefficient (Wildman–Crippen LogP) is 0.362. The molecular weight excluding hydrogens is 226 g/mol. The number of fused-ring (bicyclic) bond motifs is 1. The Hall–Kier alpha value is -1.01. The third-order valence-corrected chi connectivity index (χ3v) is 3.26. The molecule has 0 fully saturated rings. The summed E-state index contributed by atoms with van der Waals surface area (Å²) in [6, 6.07) is 0. The van der Waals surface area contributed by atoms with Crippen LogP contribution in [-0.2, 0) is 10.2 Å². The first-order valence-electron chi connectivity index (χ1n) is 3.97. The molecule has 3 N–H and O–H groups in total. The van der Waals surface area contributed by atoms with E-state index in [2.05, 4.69) is 9.12 Å². The molecule has 5 nitrogen and oxygen atoms in total. The van der Waals surface area contributed by atoms with E-state index in [4.69, 9.17) is 17.3 Å². The smallest absolute Gasteiger partial charge is 0.344 e. The van der Waals surface area contributed by atoms with Crippen LogP contribution in [0.5, 0.6) is 0 Å².